The number of aryl methyl sites for hydroxylation is 1. The number of aromatic nitrogens is 2. The number of amides is 1. The highest BCUT2D eigenvalue weighted by molar-refractivity contribution is 5.93. The van der Waals surface area contributed by atoms with Crippen LogP contribution in [0.5, 0.6) is 0 Å². The van der Waals surface area contributed by atoms with Gasteiger partial charge in [0.1, 0.15) is 0 Å². The van der Waals surface area contributed by atoms with Gasteiger partial charge in [0, 0.05) is 19.3 Å². The maximum atomic E-state index is 11.5. The predicted molar refractivity (Wildman–Crippen MR) is 59.3 cm³/mol. The predicted octanol–water partition coefficient (Wildman–Crippen LogP) is 0.876. The zero-order valence-corrected chi connectivity index (χ0v) is 9.23. The quantitative estimate of drug-likeness (QED) is 0.757. The maximum absolute atomic E-state index is 11.5. The van der Waals surface area contributed by atoms with Crippen LogP contribution in [-0.2, 0) is 11.8 Å². The number of carbonyl (C=O) groups excluding carboxylic acids is 1. The summed E-state index contributed by atoms with van der Waals surface area (Å²) in [4.78, 5) is 11.5. The van der Waals surface area contributed by atoms with Gasteiger partial charge in [-0.25, -0.2) is 0 Å². The van der Waals surface area contributed by atoms with E-state index in [1.54, 1.807) is 24.0 Å². The lowest BCUT2D eigenvalue weighted by molar-refractivity contribution is -0.117. The van der Waals surface area contributed by atoms with Crippen LogP contribution in [0.15, 0.2) is 12.3 Å². The molecule has 0 radical (unpaired) electrons. The number of nitrogens with two attached hydrogens (primary N) is 1. The van der Waals surface area contributed by atoms with Crippen molar-refractivity contribution in [2.24, 2.45) is 12.8 Å². The van der Waals surface area contributed by atoms with Crippen LogP contribution in [0.1, 0.15) is 26.2 Å². The Balaban J connectivity index is 2.41. The van der Waals surface area contributed by atoms with E-state index in [-0.39, 0.29) is 5.91 Å². The Bertz CT molecular complexity index is 321. The van der Waals surface area contributed by atoms with Crippen molar-refractivity contribution < 1.29 is 4.79 Å². The second-order valence-electron chi connectivity index (χ2n) is 3.61. The standard InChI is InChI=1S/C10H18N4O/c1-3-4-5-8(11)10(15)12-9-6-7-14(2)13-9/h6-8H,3-5,11H2,1-2H3,(H,12,13,15)/t8-/m0/s1. The first kappa shape index (κ1) is 11.7. The first-order valence-corrected chi connectivity index (χ1v) is 5.19. The van der Waals surface area contributed by atoms with E-state index < -0.39 is 6.04 Å². The summed E-state index contributed by atoms with van der Waals surface area (Å²) in [6.45, 7) is 2.07. The number of carbonyl (C=O) groups is 1. The number of hydrogen-bond donors (Lipinski definition) is 2. The Hall–Kier alpha value is -1.36. The Labute approximate surface area is 89.6 Å². The third-order valence-electron chi connectivity index (χ3n) is 2.17. The van der Waals surface area contributed by atoms with Gasteiger partial charge < -0.3 is 11.1 Å². The summed E-state index contributed by atoms with van der Waals surface area (Å²) in [5.74, 6) is 0.386. The Kier molecular flexibility index (Phi) is 4.30. The molecule has 1 aromatic rings. The van der Waals surface area contributed by atoms with Crippen LogP contribution in [0, 0.1) is 0 Å². The second-order valence-corrected chi connectivity index (χ2v) is 3.61. The molecule has 0 bridgehead atoms. The van der Waals surface area contributed by atoms with Crippen LogP contribution in [0.4, 0.5) is 5.82 Å². The van der Waals surface area contributed by atoms with Crippen molar-refractivity contribution in [1.82, 2.24) is 9.78 Å². The lowest BCUT2D eigenvalue weighted by Gasteiger charge is -2.09. The van der Waals surface area contributed by atoms with E-state index in [0.29, 0.717) is 5.82 Å². The van der Waals surface area contributed by atoms with Crippen LogP contribution < -0.4 is 11.1 Å². The largest absolute Gasteiger partial charge is 0.320 e. The summed E-state index contributed by atoms with van der Waals surface area (Å²) >= 11 is 0. The van der Waals surface area contributed by atoms with Crippen molar-refractivity contribution in [3.05, 3.63) is 12.3 Å². The minimum Gasteiger partial charge on any atom is -0.320 e. The van der Waals surface area contributed by atoms with Gasteiger partial charge in [0.15, 0.2) is 5.82 Å². The summed E-state index contributed by atoms with van der Waals surface area (Å²) in [7, 11) is 1.80. The molecule has 3 N–H and O–H groups in total. The van der Waals surface area contributed by atoms with Gasteiger partial charge in [0.05, 0.1) is 6.04 Å². The first-order chi connectivity index (χ1) is 7.13. The number of rotatable bonds is 5. The summed E-state index contributed by atoms with van der Waals surface area (Å²) in [6, 6.07) is 1.30. The molecule has 0 saturated carbocycles. The van der Waals surface area contributed by atoms with Gasteiger partial charge in [0.2, 0.25) is 5.91 Å². The van der Waals surface area contributed by atoms with Crippen LogP contribution in [0.3, 0.4) is 0 Å². The van der Waals surface area contributed by atoms with Crippen molar-refractivity contribution in [3.63, 3.8) is 0 Å². The molecule has 0 fully saturated rings. The molecule has 1 rings (SSSR count). The highest BCUT2D eigenvalue weighted by atomic mass is 16.2. The molecule has 0 aromatic carbocycles. The van der Waals surface area contributed by atoms with Crippen LogP contribution >= 0.6 is 0 Å². The molecule has 1 amide bonds. The number of hydrogen-bond acceptors (Lipinski definition) is 3. The fourth-order valence-electron chi connectivity index (χ4n) is 1.26. The molecule has 15 heavy (non-hydrogen) atoms. The summed E-state index contributed by atoms with van der Waals surface area (Å²) < 4.78 is 1.63. The van der Waals surface area contributed by atoms with Crippen molar-refractivity contribution in [2.45, 2.75) is 32.2 Å². The zero-order valence-electron chi connectivity index (χ0n) is 9.23. The van der Waals surface area contributed by atoms with Gasteiger partial charge in [-0.3, -0.25) is 9.48 Å². The highest BCUT2D eigenvalue weighted by Gasteiger charge is 2.13. The van der Waals surface area contributed by atoms with Gasteiger partial charge >= 0.3 is 0 Å². The average molecular weight is 210 g/mol. The molecule has 0 aliphatic rings. The lowest BCUT2D eigenvalue weighted by atomic mass is 10.1. The summed E-state index contributed by atoms with van der Waals surface area (Å²) in [5.41, 5.74) is 5.71. The number of unbranched alkanes of at least 4 members (excludes halogenated alkanes) is 1. The fourth-order valence-corrected chi connectivity index (χ4v) is 1.26. The third kappa shape index (κ3) is 3.71. The highest BCUT2D eigenvalue weighted by Crippen LogP contribution is 2.04. The average Bonchev–Trinajstić information content (AvgIpc) is 2.60. The van der Waals surface area contributed by atoms with Crippen LogP contribution in [0.25, 0.3) is 0 Å². The van der Waals surface area contributed by atoms with E-state index in [2.05, 4.69) is 17.3 Å². The summed E-state index contributed by atoms with van der Waals surface area (Å²) in [6.07, 6.45) is 4.50. The fraction of sp³-hybridized carbons (Fsp3) is 0.600. The molecule has 1 heterocycles. The van der Waals surface area contributed by atoms with Crippen LogP contribution in [-0.4, -0.2) is 21.7 Å². The minimum atomic E-state index is -0.438. The second kappa shape index (κ2) is 5.50. The zero-order chi connectivity index (χ0) is 11.3. The Morgan fingerprint density at radius 3 is 3.00 bits per heavy atom. The molecular formula is C10H18N4O. The van der Waals surface area contributed by atoms with E-state index >= 15 is 0 Å². The molecule has 0 spiro atoms. The Morgan fingerprint density at radius 1 is 1.73 bits per heavy atom. The number of nitrogens with zero attached hydrogens (tertiary/aromatic N) is 2. The van der Waals surface area contributed by atoms with Gasteiger partial charge in [0.25, 0.3) is 0 Å². The monoisotopic (exact) mass is 210 g/mol. The normalized spacial score (nSPS) is 12.5. The Morgan fingerprint density at radius 2 is 2.47 bits per heavy atom. The van der Waals surface area contributed by atoms with E-state index in [9.17, 15) is 4.79 Å². The topological polar surface area (TPSA) is 72.9 Å². The van der Waals surface area contributed by atoms with Crippen LogP contribution in [0.2, 0.25) is 0 Å². The van der Waals surface area contributed by atoms with Gasteiger partial charge in [-0.2, -0.15) is 5.10 Å². The molecule has 0 aliphatic carbocycles. The van der Waals surface area contributed by atoms with Gasteiger partial charge in [-0.1, -0.05) is 19.8 Å². The van der Waals surface area contributed by atoms with E-state index in [1.807, 2.05) is 0 Å². The molecule has 5 nitrogen and oxygen atoms in total. The molecule has 0 unspecified atom stereocenters. The molecule has 1 atom stereocenters. The number of nitrogens with one attached hydrogen (secondary N) is 1. The van der Waals surface area contributed by atoms with E-state index in [4.69, 9.17) is 5.73 Å². The van der Waals surface area contributed by atoms with Crippen molar-refractivity contribution >= 4 is 11.7 Å². The minimum absolute atomic E-state index is 0.165. The van der Waals surface area contributed by atoms with Crippen molar-refractivity contribution in [2.75, 3.05) is 5.32 Å². The SMILES string of the molecule is CCCC[C@H](N)C(=O)Nc1ccn(C)n1. The maximum Gasteiger partial charge on any atom is 0.242 e. The van der Waals surface area contributed by atoms with Gasteiger partial charge in [-0.05, 0) is 6.42 Å². The molecule has 0 aliphatic heterocycles. The van der Waals surface area contributed by atoms with E-state index in [1.165, 1.54) is 0 Å². The molecule has 0 saturated heterocycles. The number of anilines is 1. The molecule has 5 heteroatoms. The third-order valence-corrected chi connectivity index (χ3v) is 2.17. The smallest absolute Gasteiger partial charge is 0.242 e. The molecule has 1 aromatic heterocycles. The molecule has 84 valence electrons. The summed E-state index contributed by atoms with van der Waals surface area (Å²) in [5, 5.41) is 6.72. The lowest BCUT2D eigenvalue weighted by Crippen LogP contribution is -2.35. The first-order valence-electron chi connectivity index (χ1n) is 5.19. The van der Waals surface area contributed by atoms with Crippen molar-refractivity contribution in [3.8, 4) is 0 Å². The van der Waals surface area contributed by atoms with Crippen molar-refractivity contribution in [1.29, 1.82) is 0 Å². The molecular weight excluding hydrogens is 192 g/mol. The van der Waals surface area contributed by atoms with E-state index in [0.717, 1.165) is 19.3 Å². The van der Waals surface area contributed by atoms with Gasteiger partial charge in [-0.15, -0.1) is 0 Å².